The van der Waals surface area contributed by atoms with Crippen molar-refractivity contribution in [3.63, 3.8) is 0 Å². The summed E-state index contributed by atoms with van der Waals surface area (Å²) in [6.45, 7) is 4.73. The average molecular weight is 378 g/mol. The molecule has 2 aromatic rings. The van der Waals surface area contributed by atoms with Gasteiger partial charge in [-0.15, -0.1) is 0 Å². The van der Waals surface area contributed by atoms with E-state index in [2.05, 4.69) is 24.0 Å². The molecule has 2 saturated heterocycles. The van der Waals surface area contributed by atoms with Gasteiger partial charge in [0.2, 0.25) is 5.91 Å². The van der Waals surface area contributed by atoms with Crippen molar-refractivity contribution in [3.8, 4) is 0 Å². The molecule has 2 fully saturated rings. The Morgan fingerprint density at radius 2 is 1.64 bits per heavy atom. The van der Waals surface area contributed by atoms with Gasteiger partial charge in [0, 0.05) is 19.6 Å². The molecule has 2 aromatic carbocycles. The maximum atomic E-state index is 13.3. The van der Waals surface area contributed by atoms with Crippen LogP contribution < -0.4 is 0 Å². The summed E-state index contributed by atoms with van der Waals surface area (Å²) in [5.41, 5.74) is 2.35. The Morgan fingerprint density at radius 3 is 2.32 bits per heavy atom. The summed E-state index contributed by atoms with van der Waals surface area (Å²) in [4.78, 5) is 29.3. The van der Waals surface area contributed by atoms with E-state index in [0.717, 1.165) is 18.7 Å². The first-order valence-corrected chi connectivity index (χ1v) is 9.92. The maximum absolute atomic E-state index is 13.3. The minimum absolute atomic E-state index is 0.0912. The summed E-state index contributed by atoms with van der Waals surface area (Å²) < 4.78 is 5.24. The number of likely N-dealkylation sites (tertiary alicyclic amines) is 1. The van der Waals surface area contributed by atoms with Crippen molar-refractivity contribution >= 4 is 12.0 Å². The predicted molar refractivity (Wildman–Crippen MR) is 107 cm³/mol. The first kappa shape index (κ1) is 18.7. The molecule has 5 nitrogen and oxygen atoms in total. The highest BCUT2D eigenvalue weighted by molar-refractivity contribution is 5.95. The number of hydrogen-bond acceptors (Lipinski definition) is 4. The molecule has 0 saturated carbocycles. The Hall–Kier alpha value is -2.66. The van der Waals surface area contributed by atoms with Crippen LogP contribution in [0.15, 0.2) is 60.7 Å². The Kier molecular flexibility index (Phi) is 5.44. The SMILES string of the molecule is CC1CN(Cc2ccccc2)CC1C(=O)N1C(=O)OCC1Cc1ccccc1. The lowest BCUT2D eigenvalue weighted by atomic mass is 9.95. The Morgan fingerprint density at radius 1 is 1.00 bits per heavy atom. The molecule has 3 atom stereocenters. The Balaban J connectivity index is 1.44. The molecule has 4 rings (SSSR count). The van der Waals surface area contributed by atoms with E-state index in [1.165, 1.54) is 10.5 Å². The fourth-order valence-corrected chi connectivity index (χ4v) is 4.30. The van der Waals surface area contributed by atoms with E-state index in [1.807, 2.05) is 48.5 Å². The van der Waals surface area contributed by atoms with Gasteiger partial charge in [-0.3, -0.25) is 9.69 Å². The van der Waals surface area contributed by atoms with Gasteiger partial charge in [-0.2, -0.15) is 0 Å². The Bertz CT molecular complexity index is 824. The number of nitrogens with zero attached hydrogens (tertiary/aromatic N) is 2. The molecule has 28 heavy (non-hydrogen) atoms. The molecular weight excluding hydrogens is 352 g/mol. The van der Waals surface area contributed by atoms with E-state index in [4.69, 9.17) is 4.74 Å². The van der Waals surface area contributed by atoms with E-state index >= 15 is 0 Å². The number of benzene rings is 2. The molecule has 5 heteroatoms. The lowest BCUT2D eigenvalue weighted by molar-refractivity contribution is -0.134. The van der Waals surface area contributed by atoms with Crippen molar-refractivity contribution in [1.29, 1.82) is 0 Å². The molecule has 0 bridgehead atoms. The number of imide groups is 1. The molecule has 0 spiro atoms. The Labute approximate surface area is 165 Å². The molecular formula is C23H26N2O3. The minimum Gasteiger partial charge on any atom is -0.447 e. The number of carbonyl (C=O) groups excluding carboxylic acids is 2. The van der Waals surface area contributed by atoms with E-state index in [0.29, 0.717) is 13.0 Å². The number of carbonyl (C=O) groups is 2. The number of cyclic esters (lactones) is 1. The summed E-state index contributed by atoms with van der Waals surface area (Å²) in [5, 5.41) is 0. The van der Waals surface area contributed by atoms with E-state index in [-0.39, 0.29) is 30.4 Å². The zero-order valence-electron chi connectivity index (χ0n) is 16.2. The van der Waals surface area contributed by atoms with E-state index in [9.17, 15) is 9.59 Å². The summed E-state index contributed by atoms with van der Waals surface area (Å²) >= 11 is 0. The fraction of sp³-hybridized carbons (Fsp3) is 0.391. The number of rotatable bonds is 5. The van der Waals surface area contributed by atoms with Gasteiger partial charge >= 0.3 is 6.09 Å². The second kappa shape index (κ2) is 8.15. The fourth-order valence-electron chi connectivity index (χ4n) is 4.30. The second-order valence-corrected chi connectivity index (χ2v) is 7.89. The van der Waals surface area contributed by atoms with Gasteiger partial charge in [0.1, 0.15) is 6.61 Å². The third kappa shape index (κ3) is 3.94. The van der Waals surface area contributed by atoms with Crippen LogP contribution in [0.1, 0.15) is 18.1 Å². The normalized spacial score (nSPS) is 25.1. The molecule has 3 unspecified atom stereocenters. The van der Waals surface area contributed by atoms with Gasteiger partial charge in [-0.25, -0.2) is 9.69 Å². The standard InChI is InChI=1S/C23H26N2O3/c1-17-13-24(14-19-10-6-3-7-11-19)15-21(17)22(26)25-20(16-28-23(25)27)12-18-8-4-2-5-9-18/h2-11,17,20-21H,12-16H2,1H3. The van der Waals surface area contributed by atoms with Crippen LogP contribution in [0, 0.1) is 11.8 Å². The van der Waals surface area contributed by atoms with Crippen molar-refractivity contribution in [3.05, 3.63) is 71.8 Å². The van der Waals surface area contributed by atoms with Crippen LogP contribution in [0.2, 0.25) is 0 Å². The maximum Gasteiger partial charge on any atom is 0.416 e. The number of hydrogen-bond donors (Lipinski definition) is 0. The van der Waals surface area contributed by atoms with E-state index < -0.39 is 6.09 Å². The van der Waals surface area contributed by atoms with Crippen molar-refractivity contribution in [2.75, 3.05) is 19.7 Å². The molecule has 146 valence electrons. The molecule has 0 aliphatic carbocycles. The molecule has 0 aromatic heterocycles. The van der Waals surface area contributed by atoms with Gasteiger partial charge in [0.15, 0.2) is 0 Å². The van der Waals surface area contributed by atoms with Crippen molar-refractivity contribution in [2.45, 2.75) is 25.9 Å². The van der Waals surface area contributed by atoms with Crippen LogP contribution in [0.4, 0.5) is 4.79 Å². The van der Waals surface area contributed by atoms with Crippen LogP contribution >= 0.6 is 0 Å². The van der Waals surface area contributed by atoms with Crippen LogP contribution in [0.3, 0.4) is 0 Å². The first-order valence-electron chi connectivity index (χ1n) is 9.92. The van der Waals surface area contributed by atoms with Crippen LogP contribution in [-0.2, 0) is 22.5 Å². The van der Waals surface area contributed by atoms with Gasteiger partial charge in [0.05, 0.1) is 12.0 Å². The smallest absolute Gasteiger partial charge is 0.416 e. The summed E-state index contributed by atoms with van der Waals surface area (Å²) in [6, 6.07) is 20.0. The van der Waals surface area contributed by atoms with E-state index in [1.54, 1.807) is 0 Å². The average Bonchev–Trinajstić information content (AvgIpc) is 3.25. The molecule has 0 radical (unpaired) electrons. The third-order valence-electron chi connectivity index (χ3n) is 5.77. The van der Waals surface area contributed by atoms with Crippen LogP contribution in [0.25, 0.3) is 0 Å². The number of amides is 2. The van der Waals surface area contributed by atoms with Crippen molar-refractivity contribution < 1.29 is 14.3 Å². The lowest BCUT2D eigenvalue weighted by Crippen LogP contribution is -2.45. The minimum atomic E-state index is -0.500. The van der Waals surface area contributed by atoms with Gasteiger partial charge in [-0.05, 0) is 23.5 Å². The van der Waals surface area contributed by atoms with Gasteiger partial charge < -0.3 is 4.74 Å². The highest BCUT2D eigenvalue weighted by Crippen LogP contribution is 2.29. The zero-order valence-corrected chi connectivity index (χ0v) is 16.2. The zero-order chi connectivity index (χ0) is 19.5. The molecule has 2 amide bonds. The van der Waals surface area contributed by atoms with Gasteiger partial charge in [0.25, 0.3) is 0 Å². The van der Waals surface area contributed by atoms with Crippen molar-refractivity contribution in [2.24, 2.45) is 11.8 Å². The van der Waals surface area contributed by atoms with Gasteiger partial charge in [-0.1, -0.05) is 67.6 Å². The second-order valence-electron chi connectivity index (χ2n) is 7.89. The number of ether oxygens (including phenoxy) is 1. The topological polar surface area (TPSA) is 49.9 Å². The quantitative estimate of drug-likeness (QED) is 0.801. The monoisotopic (exact) mass is 378 g/mol. The highest BCUT2D eigenvalue weighted by Gasteiger charge is 2.44. The largest absolute Gasteiger partial charge is 0.447 e. The molecule has 2 aliphatic rings. The first-order chi connectivity index (χ1) is 13.6. The highest BCUT2D eigenvalue weighted by atomic mass is 16.6. The molecule has 2 aliphatic heterocycles. The molecule has 0 N–H and O–H groups in total. The summed E-state index contributed by atoms with van der Waals surface area (Å²) in [7, 11) is 0. The lowest BCUT2D eigenvalue weighted by Gasteiger charge is -2.24. The van der Waals surface area contributed by atoms with Crippen LogP contribution in [0.5, 0.6) is 0 Å². The predicted octanol–water partition coefficient (Wildman–Crippen LogP) is 3.34. The third-order valence-corrected chi connectivity index (χ3v) is 5.77. The summed E-state index contributed by atoms with van der Waals surface area (Å²) in [6.07, 6.45) is 0.132. The van der Waals surface area contributed by atoms with Crippen LogP contribution in [-0.4, -0.2) is 47.5 Å². The van der Waals surface area contributed by atoms with Crippen molar-refractivity contribution in [1.82, 2.24) is 9.80 Å². The molecule has 2 heterocycles. The summed E-state index contributed by atoms with van der Waals surface area (Å²) in [5.74, 6) is -0.0545.